The van der Waals surface area contributed by atoms with Gasteiger partial charge in [0.1, 0.15) is 0 Å². The van der Waals surface area contributed by atoms with E-state index in [1.807, 2.05) is 13.1 Å². The summed E-state index contributed by atoms with van der Waals surface area (Å²) in [6, 6.07) is 0. The fourth-order valence-electron chi connectivity index (χ4n) is 2.02. The van der Waals surface area contributed by atoms with Crippen molar-refractivity contribution in [2.75, 3.05) is 0 Å². The summed E-state index contributed by atoms with van der Waals surface area (Å²) >= 11 is 1.76. The van der Waals surface area contributed by atoms with Gasteiger partial charge in [0.05, 0.1) is 10.5 Å². The van der Waals surface area contributed by atoms with Gasteiger partial charge in [-0.15, -0.1) is 11.3 Å². The van der Waals surface area contributed by atoms with E-state index >= 15 is 0 Å². The quantitative estimate of drug-likeness (QED) is 0.749. The molecule has 0 saturated heterocycles. The van der Waals surface area contributed by atoms with Gasteiger partial charge in [0.15, 0.2) is 0 Å². The Balaban J connectivity index is 2.22. The number of thiazole rings is 1. The van der Waals surface area contributed by atoms with Crippen molar-refractivity contribution in [3.63, 3.8) is 0 Å². The van der Waals surface area contributed by atoms with Crippen LogP contribution in [0.5, 0.6) is 0 Å². The molecule has 0 aromatic carbocycles. The minimum Gasteiger partial charge on any atom is -0.321 e. The highest BCUT2D eigenvalue weighted by atomic mass is 32.1. The van der Waals surface area contributed by atoms with E-state index in [0.29, 0.717) is 0 Å². The summed E-state index contributed by atoms with van der Waals surface area (Å²) in [6.45, 7) is 2.04. The molecule has 2 N–H and O–H groups in total. The van der Waals surface area contributed by atoms with E-state index in [4.69, 9.17) is 5.73 Å². The molecule has 1 aromatic rings. The number of hydrogen-bond acceptors (Lipinski definition) is 3. The van der Waals surface area contributed by atoms with Gasteiger partial charge < -0.3 is 5.73 Å². The molecule has 2 rings (SSSR count). The van der Waals surface area contributed by atoms with Crippen LogP contribution in [0, 0.1) is 6.92 Å². The third kappa shape index (κ3) is 1.76. The topological polar surface area (TPSA) is 38.9 Å². The summed E-state index contributed by atoms with van der Waals surface area (Å²) in [5.74, 6) is 0. The molecule has 0 radical (unpaired) electrons. The van der Waals surface area contributed by atoms with Crippen molar-refractivity contribution in [2.24, 2.45) is 5.73 Å². The average Bonchev–Trinajstić information content (AvgIpc) is 2.54. The second-order valence-corrected chi connectivity index (χ2v) is 5.20. The molecule has 0 spiro atoms. The Morgan fingerprint density at radius 1 is 1.38 bits per heavy atom. The normalized spacial score (nSPS) is 21.7. The first-order valence-corrected chi connectivity index (χ1v) is 5.74. The highest BCUT2D eigenvalue weighted by Gasteiger charge is 2.30. The van der Waals surface area contributed by atoms with Gasteiger partial charge >= 0.3 is 0 Å². The Morgan fingerprint density at radius 2 is 2.08 bits per heavy atom. The van der Waals surface area contributed by atoms with E-state index in [9.17, 15) is 0 Å². The molecule has 1 aliphatic rings. The number of nitrogens with zero attached hydrogens (tertiary/aromatic N) is 1. The van der Waals surface area contributed by atoms with Gasteiger partial charge in [-0.25, -0.2) is 4.98 Å². The lowest BCUT2D eigenvalue weighted by atomic mass is 9.82. The largest absolute Gasteiger partial charge is 0.321 e. The zero-order chi connectivity index (χ0) is 9.31. The van der Waals surface area contributed by atoms with Crippen LogP contribution in [0.1, 0.15) is 42.0 Å². The summed E-state index contributed by atoms with van der Waals surface area (Å²) in [5, 5.41) is 1.13. The maximum Gasteiger partial charge on any atom is 0.0897 e. The van der Waals surface area contributed by atoms with E-state index in [1.54, 1.807) is 11.3 Å². The van der Waals surface area contributed by atoms with Crippen LogP contribution < -0.4 is 5.73 Å². The SMILES string of the molecule is Cc1ncc(C2(N)CCCCC2)s1. The minimum atomic E-state index is -0.0514. The molecule has 1 aromatic heterocycles. The Hall–Kier alpha value is -0.410. The molecule has 1 heterocycles. The van der Waals surface area contributed by atoms with Crippen LogP contribution in [0.15, 0.2) is 6.20 Å². The summed E-state index contributed by atoms with van der Waals surface area (Å²) in [5.41, 5.74) is 6.31. The second-order valence-electron chi connectivity index (χ2n) is 3.96. The lowest BCUT2D eigenvalue weighted by molar-refractivity contribution is 0.307. The average molecular weight is 196 g/mol. The van der Waals surface area contributed by atoms with Crippen molar-refractivity contribution in [3.05, 3.63) is 16.1 Å². The Labute approximate surface area is 83.2 Å². The molecule has 0 atom stereocenters. The lowest BCUT2D eigenvalue weighted by Gasteiger charge is -2.31. The minimum absolute atomic E-state index is 0.0514. The van der Waals surface area contributed by atoms with Crippen molar-refractivity contribution >= 4 is 11.3 Å². The third-order valence-corrected chi connectivity index (χ3v) is 3.99. The molecule has 3 heteroatoms. The second kappa shape index (κ2) is 3.39. The van der Waals surface area contributed by atoms with Crippen molar-refractivity contribution in [2.45, 2.75) is 44.6 Å². The predicted octanol–water partition coefficient (Wildman–Crippen LogP) is 2.57. The third-order valence-electron chi connectivity index (χ3n) is 2.86. The smallest absolute Gasteiger partial charge is 0.0897 e. The van der Waals surface area contributed by atoms with Crippen molar-refractivity contribution in [1.82, 2.24) is 4.98 Å². The zero-order valence-electron chi connectivity index (χ0n) is 8.05. The van der Waals surface area contributed by atoms with Crippen LogP contribution in [0.3, 0.4) is 0 Å². The predicted molar refractivity (Wildman–Crippen MR) is 55.8 cm³/mol. The van der Waals surface area contributed by atoms with Gasteiger partial charge in [-0.2, -0.15) is 0 Å². The Bertz CT molecular complexity index is 287. The maximum absolute atomic E-state index is 6.36. The number of aryl methyl sites for hydroxylation is 1. The first kappa shape index (κ1) is 9.16. The maximum atomic E-state index is 6.36. The van der Waals surface area contributed by atoms with Crippen LogP contribution in [0.2, 0.25) is 0 Å². The molecule has 0 unspecified atom stereocenters. The van der Waals surface area contributed by atoms with E-state index in [2.05, 4.69) is 4.98 Å². The van der Waals surface area contributed by atoms with Crippen LogP contribution in [0.4, 0.5) is 0 Å². The van der Waals surface area contributed by atoms with Crippen LogP contribution in [0.25, 0.3) is 0 Å². The lowest BCUT2D eigenvalue weighted by Crippen LogP contribution is -2.37. The summed E-state index contributed by atoms with van der Waals surface area (Å²) < 4.78 is 0. The van der Waals surface area contributed by atoms with Gasteiger partial charge in [0.2, 0.25) is 0 Å². The summed E-state index contributed by atoms with van der Waals surface area (Å²) in [6.07, 6.45) is 8.12. The molecule has 13 heavy (non-hydrogen) atoms. The van der Waals surface area contributed by atoms with Crippen LogP contribution >= 0.6 is 11.3 Å². The highest BCUT2D eigenvalue weighted by molar-refractivity contribution is 7.11. The van der Waals surface area contributed by atoms with Gasteiger partial charge in [0.25, 0.3) is 0 Å². The van der Waals surface area contributed by atoms with Gasteiger partial charge in [-0.3, -0.25) is 0 Å². The zero-order valence-corrected chi connectivity index (χ0v) is 8.86. The molecule has 72 valence electrons. The van der Waals surface area contributed by atoms with Crippen molar-refractivity contribution in [1.29, 1.82) is 0 Å². The highest BCUT2D eigenvalue weighted by Crippen LogP contribution is 2.37. The number of rotatable bonds is 1. The molecule has 1 saturated carbocycles. The fraction of sp³-hybridized carbons (Fsp3) is 0.700. The Morgan fingerprint density at radius 3 is 2.62 bits per heavy atom. The number of aromatic nitrogens is 1. The molecule has 0 amide bonds. The van der Waals surface area contributed by atoms with E-state index in [0.717, 1.165) is 17.8 Å². The Kier molecular flexibility index (Phi) is 2.39. The van der Waals surface area contributed by atoms with Gasteiger partial charge in [0, 0.05) is 11.1 Å². The monoisotopic (exact) mass is 196 g/mol. The molecule has 0 aliphatic heterocycles. The van der Waals surface area contributed by atoms with Crippen molar-refractivity contribution < 1.29 is 0 Å². The molecule has 1 aliphatic carbocycles. The van der Waals surface area contributed by atoms with Gasteiger partial charge in [-0.1, -0.05) is 19.3 Å². The molecular formula is C10H16N2S. The summed E-state index contributed by atoms with van der Waals surface area (Å²) in [7, 11) is 0. The van der Waals surface area contributed by atoms with Crippen molar-refractivity contribution in [3.8, 4) is 0 Å². The van der Waals surface area contributed by atoms with E-state index in [-0.39, 0.29) is 5.54 Å². The molecule has 0 bridgehead atoms. The first-order chi connectivity index (χ1) is 6.21. The van der Waals surface area contributed by atoms with Crippen LogP contribution in [-0.4, -0.2) is 4.98 Å². The standard InChI is InChI=1S/C10H16N2S/c1-8-12-7-9(13-8)10(11)5-3-2-4-6-10/h7H,2-6,11H2,1H3. The van der Waals surface area contributed by atoms with E-state index in [1.165, 1.54) is 24.1 Å². The number of hydrogen-bond donors (Lipinski definition) is 1. The number of nitrogens with two attached hydrogens (primary N) is 1. The molecule has 2 nitrogen and oxygen atoms in total. The van der Waals surface area contributed by atoms with Gasteiger partial charge in [-0.05, 0) is 19.8 Å². The summed E-state index contributed by atoms with van der Waals surface area (Å²) in [4.78, 5) is 5.56. The van der Waals surface area contributed by atoms with E-state index < -0.39 is 0 Å². The molecular weight excluding hydrogens is 180 g/mol. The van der Waals surface area contributed by atoms with Crippen LogP contribution in [-0.2, 0) is 5.54 Å². The molecule has 1 fully saturated rings. The fourth-order valence-corrected chi connectivity index (χ4v) is 2.96. The first-order valence-electron chi connectivity index (χ1n) is 4.92.